The molecule has 1 aromatic heterocycles. The smallest absolute Gasteiger partial charge is 0.220 e. The van der Waals surface area contributed by atoms with Gasteiger partial charge in [0.15, 0.2) is 0 Å². The van der Waals surface area contributed by atoms with Crippen LogP contribution < -0.4 is 5.32 Å². The average Bonchev–Trinajstić information content (AvgIpc) is 2.94. The van der Waals surface area contributed by atoms with Crippen molar-refractivity contribution in [2.24, 2.45) is 5.92 Å². The van der Waals surface area contributed by atoms with Gasteiger partial charge in [0.25, 0.3) is 0 Å². The molecule has 0 unspecified atom stereocenters. The molecule has 2 fully saturated rings. The molecule has 0 radical (unpaired) electrons. The van der Waals surface area contributed by atoms with Crippen LogP contribution in [0.3, 0.4) is 0 Å². The van der Waals surface area contributed by atoms with E-state index >= 15 is 0 Å². The van der Waals surface area contributed by atoms with Crippen molar-refractivity contribution in [3.63, 3.8) is 0 Å². The Kier molecular flexibility index (Phi) is 3.76. The number of imidazole rings is 1. The molecule has 1 amide bonds. The number of likely N-dealkylation sites (tertiary alicyclic amines) is 1. The zero-order valence-corrected chi connectivity index (χ0v) is 11.7. The van der Waals surface area contributed by atoms with Crippen LogP contribution in [-0.2, 0) is 4.79 Å². The zero-order chi connectivity index (χ0) is 14.1. The Morgan fingerprint density at radius 3 is 2.95 bits per heavy atom. The summed E-state index contributed by atoms with van der Waals surface area (Å²) >= 11 is 0. The van der Waals surface area contributed by atoms with Crippen molar-refractivity contribution < 1.29 is 9.90 Å². The molecule has 1 aromatic rings. The van der Waals surface area contributed by atoms with Crippen LogP contribution in [-0.4, -0.2) is 58.2 Å². The number of aromatic amines is 1. The van der Waals surface area contributed by atoms with Crippen LogP contribution in [0.2, 0.25) is 0 Å². The largest absolute Gasteiger partial charge is 0.391 e. The molecule has 2 heterocycles. The van der Waals surface area contributed by atoms with Crippen LogP contribution in [0.4, 0.5) is 0 Å². The average molecular weight is 278 g/mol. The Morgan fingerprint density at radius 2 is 2.35 bits per heavy atom. The summed E-state index contributed by atoms with van der Waals surface area (Å²) < 4.78 is 0. The van der Waals surface area contributed by atoms with Gasteiger partial charge in [-0.15, -0.1) is 0 Å². The number of likely N-dealkylation sites (N-methyl/N-ethyl adjacent to an activating group) is 1. The number of nitrogens with one attached hydrogen (secondary N) is 2. The van der Waals surface area contributed by atoms with Gasteiger partial charge in [-0.1, -0.05) is 0 Å². The standard InChI is InChI=1S/C14H22N4O2/c1-18-7-10(12(19)8-18)6-13(20)17-11-4-9(5-11)14-15-2-3-16-14/h2-3,9-12,19H,4-8H2,1H3,(H,15,16)(H,17,20)/t9?,10-,11?,12-/m1/s1. The van der Waals surface area contributed by atoms with E-state index in [0.717, 1.165) is 25.2 Å². The third-order valence-corrected chi connectivity index (χ3v) is 4.45. The maximum atomic E-state index is 12.0. The topological polar surface area (TPSA) is 81.2 Å². The van der Waals surface area contributed by atoms with Crippen LogP contribution in [0.25, 0.3) is 0 Å². The Bertz CT molecular complexity index is 456. The number of carbonyl (C=O) groups is 1. The Morgan fingerprint density at radius 1 is 1.55 bits per heavy atom. The van der Waals surface area contributed by atoms with Crippen LogP contribution in [0.5, 0.6) is 0 Å². The fourth-order valence-corrected chi connectivity index (χ4v) is 3.25. The summed E-state index contributed by atoms with van der Waals surface area (Å²) in [5, 5.41) is 12.9. The van der Waals surface area contributed by atoms with Crippen molar-refractivity contribution >= 4 is 5.91 Å². The zero-order valence-electron chi connectivity index (χ0n) is 11.7. The molecule has 1 saturated heterocycles. The molecule has 1 saturated carbocycles. The molecule has 2 atom stereocenters. The summed E-state index contributed by atoms with van der Waals surface area (Å²) in [5.41, 5.74) is 0. The fraction of sp³-hybridized carbons (Fsp3) is 0.714. The normalized spacial score (nSPS) is 33.9. The summed E-state index contributed by atoms with van der Waals surface area (Å²) in [5.74, 6) is 1.59. The highest BCUT2D eigenvalue weighted by Crippen LogP contribution is 2.35. The van der Waals surface area contributed by atoms with Gasteiger partial charge in [0.1, 0.15) is 5.82 Å². The molecule has 0 aromatic carbocycles. The molecule has 20 heavy (non-hydrogen) atoms. The summed E-state index contributed by atoms with van der Waals surface area (Å²) in [6.07, 6.45) is 5.55. The minimum absolute atomic E-state index is 0.0623. The number of β-amino-alcohol motifs (C(OH)–C–C–N with tert-alkyl or cyclic N) is 1. The minimum atomic E-state index is -0.372. The van der Waals surface area contributed by atoms with Gasteiger partial charge in [-0.05, 0) is 19.9 Å². The first kappa shape index (κ1) is 13.6. The predicted molar refractivity (Wildman–Crippen MR) is 74.1 cm³/mol. The first-order chi connectivity index (χ1) is 9.61. The van der Waals surface area contributed by atoms with E-state index in [0.29, 0.717) is 18.9 Å². The lowest BCUT2D eigenvalue weighted by atomic mass is 9.79. The first-order valence-electron chi connectivity index (χ1n) is 7.27. The predicted octanol–water partition coefficient (Wildman–Crippen LogP) is 0.0845. The van der Waals surface area contributed by atoms with E-state index < -0.39 is 0 Å². The molecule has 6 heteroatoms. The van der Waals surface area contributed by atoms with E-state index in [1.807, 2.05) is 13.2 Å². The molecule has 1 aliphatic heterocycles. The minimum Gasteiger partial charge on any atom is -0.391 e. The summed E-state index contributed by atoms with van der Waals surface area (Å²) in [6.45, 7) is 1.47. The molecule has 1 aliphatic carbocycles. The number of rotatable bonds is 4. The second kappa shape index (κ2) is 5.54. The number of nitrogens with zero attached hydrogens (tertiary/aromatic N) is 2. The Balaban J connectivity index is 1.40. The second-order valence-electron chi connectivity index (χ2n) is 6.16. The highest BCUT2D eigenvalue weighted by atomic mass is 16.3. The Hall–Kier alpha value is -1.40. The quantitative estimate of drug-likeness (QED) is 0.729. The van der Waals surface area contributed by atoms with Crippen molar-refractivity contribution in [1.29, 1.82) is 0 Å². The fourth-order valence-electron chi connectivity index (χ4n) is 3.25. The molecule has 0 bridgehead atoms. The lowest BCUT2D eigenvalue weighted by molar-refractivity contribution is -0.123. The van der Waals surface area contributed by atoms with Crippen molar-refractivity contribution in [3.05, 3.63) is 18.2 Å². The van der Waals surface area contributed by atoms with E-state index in [1.165, 1.54) is 0 Å². The highest BCUT2D eigenvalue weighted by Gasteiger charge is 2.35. The number of hydrogen-bond donors (Lipinski definition) is 3. The molecular formula is C14H22N4O2. The van der Waals surface area contributed by atoms with Crippen molar-refractivity contribution in [2.45, 2.75) is 37.3 Å². The lowest BCUT2D eigenvalue weighted by Crippen LogP contribution is -2.44. The Labute approximate surface area is 118 Å². The molecule has 3 rings (SSSR count). The molecule has 110 valence electrons. The number of aliphatic hydroxyl groups excluding tert-OH is 1. The second-order valence-corrected chi connectivity index (χ2v) is 6.16. The molecule has 2 aliphatic rings. The van der Waals surface area contributed by atoms with Gasteiger partial charge in [-0.25, -0.2) is 4.98 Å². The van der Waals surface area contributed by atoms with Crippen LogP contribution >= 0.6 is 0 Å². The summed E-state index contributed by atoms with van der Waals surface area (Å²) in [7, 11) is 1.97. The monoisotopic (exact) mass is 278 g/mol. The van der Waals surface area contributed by atoms with Gasteiger partial charge in [-0.2, -0.15) is 0 Å². The van der Waals surface area contributed by atoms with Gasteiger partial charge < -0.3 is 20.3 Å². The van der Waals surface area contributed by atoms with E-state index in [2.05, 4.69) is 20.2 Å². The van der Waals surface area contributed by atoms with Crippen LogP contribution in [0.15, 0.2) is 12.4 Å². The summed E-state index contributed by atoms with van der Waals surface area (Å²) in [4.78, 5) is 21.4. The van der Waals surface area contributed by atoms with Gasteiger partial charge in [0.2, 0.25) is 5.91 Å². The van der Waals surface area contributed by atoms with Crippen molar-refractivity contribution in [1.82, 2.24) is 20.2 Å². The third-order valence-electron chi connectivity index (χ3n) is 4.45. The number of aromatic nitrogens is 2. The summed E-state index contributed by atoms with van der Waals surface area (Å²) in [6, 6.07) is 0.258. The van der Waals surface area contributed by atoms with Gasteiger partial charge in [0, 0.05) is 49.8 Å². The number of hydrogen-bond acceptors (Lipinski definition) is 4. The maximum Gasteiger partial charge on any atom is 0.220 e. The van der Waals surface area contributed by atoms with E-state index in [1.54, 1.807) is 6.20 Å². The number of carbonyl (C=O) groups excluding carboxylic acids is 1. The molecule has 0 spiro atoms. The van der Waals surface area contributed by atoms with E-state index in [4.69, 9.17) is 0 Å². The highest BCUT2D eigenvalue weighted by molar-refractivity contribution is 5.76. The SMILES string of the molecule is CN1C[C@@H](CC(=O)NC2CC(c3ncc[nH]3)C2)[C@H](O)C1. The first-order valence-corrected chi connectivity index (χ1v) is 7.27. The number of aliphatic hydroxyl groups is 1. The third kappa shape index (κ3) is 2.86. The maximum absolute atomic E-state index is 12.0. The molecular weight excluding hydrogens is 256 g/mol. The van der Waals surface area contributed by atoms with E-state index in [9.17, 15) is 9.90 Å². The van der Waals surface area contributed by atoms with Crippen molar-refractivity contribution in [3.8, 4) is 0 Å². The van der Waals surface area contributed by atoms with Gasteiger partial charge >= 0.3 is 0 Å². The van der Waals surface area contributed by atoms with Crippen molar-refractivity contribution in [2.75, 3.05) is 20.1 Å². The molecule has 6 nitrogen and oxygen atoms in total. The van der Waals surface area contributed by atoms with E-state index in [-0.39, 0.29) is 24.0 Å². The van der Waals surface area contributed by atoms with Gasteiger partial charge in [-0.3, -0.25) is 4.79 Å². The molecule has 3 N–H and O–H groups in total. The van der Waals surface area contributed by atoms with Crippen LogP contribution in [0, 0.1) is 5.92 Å². The van der Waals surface area contributed by atoms with Gasteiger partial charge in [0.05, 0.1) is 6.10 Å². The number of amides is 1. The lowest BCUT2D eigenvalue weighted by Gasteiger charge is -2.34. The number of H-pyrrole nitrogens is 1. The van der Waals surface area contributed by atoms with Crippen LogP contribution in [0.1, 0.15) is 31.0 Å².